The Morgan fingerprint density at radius 3 is 2.57 bits per heavy atom. The second kappa shape index (κ2) is 9.23. The third-order valence-corrected chi connectivity index (χ3v) is 5.38. The molecule has 0 radical (unpaired) electrons. The number of hydrogen-bond donors (Lipinski definition) is 1. The molecule has 0 aliphatic carbocycles. The molecule has 0 bridgehead atoms. The molecule has 8 heteroatoms. The number of hydrazone groups is 1. The number of thiophene rings is 1. The van der Waals surface area contributed by atoms with Crippen LogP contribution in [0.15, 0.2) is 77.2 Å². The minimum atomic E-state index is -0.241. The Bertz CT molecular complexity index is 1130. The van der Waals surface area contributed by atoms with Crippen LogP contribution in [0.25, 0.3) is 11.4 Å². The van der Waals surface area contributed by atoms with E-state index in [2.05, 4.69) is 25.9 Å². The van der Waals surface area contributed by atoms with Crippen molar-refractivity contribution < 1.29 is 4.79 Å². The molecular weight excluding hydrogens is 396 g/mol. The molecule has 7 nitrogen and oxygen atoms in total. The summed E-state index contributed by atoms with van der Waals surface area (Å²) in [5.41, 5.74) is 5.94. The standard InChI is InChI=1S/C22H20N6OS/c1-2-19(20-9-6-14-30-20)23-25-22(29)18-12-10-16(11-13-18)15-28-26-21(24-27-28)17-7-4-3-5-8-17/h3-14H,2,15H2,1H3,(H,25,29)/b23-19-. The van der Waals surface area contributed by atoms with E-state index in [-0.39, 0.29) is 5.91 Å². The van der Waals surface area contributed by atoms with E-state index in [1.54, 1.807) is 23.5 Å². The quantitative estimate of drug-likeness (QED) is 0.365. The SMILES string of the molecule is CC/C(=N/NC(=O)c1ccc(Cn2nnc(-c3ccccc3)n2)cc1)c1cccs1. The highest BCUT2D eigenvalue weighted by Gasteiger charge is 2.09. The molecule has 0 spiro atoms. The molecule has 150 valence electrons. The van der Waals surface area contributed by atoms with Crippen LogP contribution in [0.2, 0.25) is 0 Å². The smallest absolute Gasteiger partial charge is 0.267 e. The number of carbonyl (C=O) groups is 1. The molecule has 1 amide bonds. The molecule has 4 aromatic rings. The van der Waals surface area contributed by atoms with E-state index >= 15 is 0 Å². The van der Waals surface area contributed by atoms with Crippen molar-refractivity contribution in [2.24, 2.45) is 5.10 Å². The summed E-state index contributed by atoms with van der Waals surface area (Å²) in [5.74, 6) is 0.344. The fourth-order valence-electron chi connectivity index (χ4n) is 2.87. The van der Waals surface area contributed by atoms with Crippen LogP contribution in [0.3, 0.4) is 0 Å². The summed E-state index contributed by atoms with van der Waals surface area (Å²) in [7, 11) is 0. The van der Waals surface area contributed by atoms with Crippen LogP contribution < -0.4 is 5.43 Å². The highest BCUT2D eigenvalue weighted by Crippen LogP contribution is 2.13. The lowest BCUT2D eigenvalue weighted by Gasteiger charge is -2.05. The lowest BCUT2D eigenvalue weighted by molar-refractivity contribution is 0.0955. The van der Waals surface area contributed by atoms with Gasteiger partial charge in [-0.15, -0.1) is 21.5 Å². The number of hydrogen-bond acceptors (Lipinski definition) is 6. The molecule has 0 fully saturated rings. The van der Waals surface area contributed by atoms with Gasteiger partial charge >= 0.3 is 0 Å². The number of aromatic nitrogens is 4. The number of tetrazole rings is 1. The van der Waals surface area contributed by atoms with Gasteiger partial charge in [-0.3, -0.25) is 4.79 Å². The highest BCUT2D eigenvalue weighted by molar-refractivity contribution is 7.12. The third-order valence-electron chi connectivity index (χ3n) is 4.46. The van der Waals surface area contributed by atoms with Gasteiger partial charge in [0.25, 0.3) is 5.91 Å². The van der Waals surface area contributed by atoms with Crippen molar-refractivity contribution in [2.45, 2.75) is 19.9 Å². The van der Waals surface area contributed by atoms with Gasteiger partial charge in [-0.2, -0.15) is 9.90 Å². The summed E-state index contributed by atoms with van der Waals surface area (Å²) in [6, 6.07) is 21.0. The van der Waals surface area contributed by atoms with Gasteiger partial charge in [0.1, 0.15) is 0 Å². The Labute approximate surface area is 178 Å². The molecule has 2 heterocycles. The molecule has 0 unspecified atom stereocenters. The lowest BCUT2D eigenvalue weighted by Crippen LogP contribution is -2.19. The molecule has 2 aromatic carbocycles. The van der Waals surface area contributed by atoms with E-state index in [4.69, 9.17) is 0 Å². The Morgan fingerprint density at radius 2 is 1.87 bits per heavy atom. The monoisotopic (exact) mass is 416 g/mol. The van der Waals surface area contributed by atoms with Gasteiger partial charge in [-0.25, -0.2) is 5.43 Å². The average molecular weight is 417 g/mol. The first-order chi connectivity index (χ1) is 14.7. The predicted molar refractivity (Wildman–Crippen MR) is 117 cm³/mol. The average Bonchev–Trinajstić information content (AvgIpc) is 3.48. The molecule has 0 aliphatic heterocycles. The zero-order valence-corrected chi connectivity index (χ0v) is 17.2. The first kappa shape index (κ1) is 19.7. The number of benzene rings is 2. The van der Waals surface area contributed by atoms with Crippen molar-refractivity contribution in [3.63, 3.8) is 0 Å². The van der Waals surface area contributed by atoms with E-state index in [9.17, 15) is 4.79 Å². The molecular formula is C22H20N6OS. The summed E-state index contributed by atoms with van der Waals surface area (Å²) in [5, 5.41) is 18.9. The third kappa shape index (κ3) is 4.66. The highest BCUT2D eigenvalue weighted by atomic mass is 32.1. The first-order valence-electron chi connectivity index (χ1n) is 9.56. The Hall–Kier alpha value is -3.65. The van der Waals surface area contributed by atoms with Gasteiger partial charge < -0.3 is 0 Å². The molecule has 0 saturated carbocycles. The van der Waals surface area contributed by atoms with Crippen LogP contribution in [-0.4, -0.2) is 31.8 Å². The number of nitrogens with one attached hydrogen (secondary N) is 1. The Kier molecular flexibility index (Phi) is 6.05. The van der Waals surface area contributed by atoms with Crippen molar-refractivity contribution in [3.05, 3.63) is 88.1 Å². The van der Waals surface area contributed by atoms with Gasteiger partial charge in [0.2, 0.25) is 5.82 Å². The van der Waals surface area contributed by atoms with Crippen LogP contribution in [0.4, 0.5) is 0 Å². The minimum absolute atomic E-state index is 0.241. The van der Waals surface area contributed by atoms with Crippen molar-refractivity contribution in [1.82, 2.24) is 25.6 Å². The summed E-state index contributed by atoms with van der Waals surface area (Å²) >= 11 is 1.60. The van der Waals surface area contributed by atoms with E-state index in [0.29, 0.717) is 17.9 Å². The second-order valence-corrected chi connectivity index (χ2v) is 7.48. The molecule has 1 N–H and O–H groups in total. The summed E-state index contributed by atoms with van der Waals surface area (Å²) in [6.45, 7) is 2.49. The van der Waals surface area contributed by atoms with Crippen molar-refractivity contribution >= 4 is 23.0 Å². The topological polar surface area (TPSA) is 85.1 Å². The zero-order valence-electron chi connectivity index (χ0n) is 16.4. The van der Waals surface area contributed by atoms with E-state index in [0.717, 1.165) is 28.1 Å². The molecule has 2 aromatic heterocycles. The number of amides is 1. The summed E-state index contributed by atoms with van der Waals surface area (Å²) < 4.78 is 0. The molecule has 30 heavy (non-hydrogen) atoms. The summed E-state index contributed by atoms with van der Waals surface area (Å²) in [4.78, 5) is 15.0. The molecule has 0 atom stereocenters. The number of nitrogens with zero attached hydrogens (tertiary/aromatic N) is 5. The largest absolute Gasteiger partial charge is 0.271 e. The molecule has 0 saturated heterocycles. The molecule has 0 aliphatic rings. The van der Waals surface area contributed by atoms with Crippen LogP contribution in [0.5, 0.6) is 0 Å². The Morgan fingerprint density at radius 1 is 1.07 bits per heavy atom. The van der Waals surface area contributed by atoms with Crippen LogP contribution in [0, 0.1) is 0 Å². The van der Waals surface area contributed by atoms with Gasteiger partial charge in [0.05, 0.1) is 17.1 Å². The number of rotatable bonds is 7. The normalized spacial score (nSPS) is 11.4. The van der Waals surface area contributed by atoms with E-state index < -0.39 is 0 Å². The molecule has 4 rings (SSSR count). The predicted octanol–water partition coefficient (Wildman–Crippen LogP) is 3.99. The lowest BCUT2D eigenvalue weighted by atomic mass is 10.1. The van der Waals surface area contributed by atoms with Crippen molar-refractivity contribution in [3.8, 4) is 11.4 Å². The second-order valence-electron chi connectivity index (χ2n) is 6.54. The van der Waals surface area contributed by atoms with Crippen LogP contribution in [-0.2, 0) is 6.54 Å². The van der Waals surface area contributed by atoms with Crippen molar-refractivity contribution in [1.29, 1.82) is 0 Å². The van der Waals surface area contributed by atoms with E-state index in [1.807, 2.05) is 66.9 Å². The van der Waals surface area contributed by atoms with Gasteiger partial charge in [-0.05, 0) is 40.8 Å². The fourth-order valence-corrected chi connectivity index (χ4v) is 3.66. The maximum absolute atomic E-state index is 12.4. The van der Waals surface area contributed by atoms with Crippen molar-refractivity contribution in [2.75, 3.05) is 0 Å². The number of carbonyl (C=O) groups excluding carboxylic acids is 1. The van der Waals surface area contributed by atoms with Gasteiger partial charge in [-0.1, -0.05) is 55.5 Å². The Balaban J connectivity index is 1.39. The van der Waals surface area contributed by atoms with Gasteiger partial charge in [0, 0.05) is 11.1 Å². The maximum Gasteiger partial charge on any atom is 0.271 e. The first-order valence-corrected chi connectivity index (χ1v) is 10.4. The minimum Gasteiger partial charge on any atom is -0.267 e. The fraction of sp³-hybridized carbons (Fsp3) is 0.136. The summed E-state index contributed by atoms with van der Waals surface area (Å²) in [6.07, 6.45) is 0.746. The maximum atomic E-state index is 12.4. The van der Waals surface area contributed by atoms with E-state index in [1.165, 1.54) is 4.80 Å². The zero-order chi connectivity index (χ0) is 20.8. The van der Waals surface area contributed by atoms with Crippen LogP contribution in [0.1, 0.15) is 34.1 Å². The van der Waals surface area contributed by atoms with Gasteiger partial charge in [0.15, 0.2) is 0 Å². The van der Waals surface area contributed by atoms with Crippen LogP contribution >= 0.6 is 11.3 Å².